The van der Waals surface area contributed by atoms with Gasteiger partial charge in [0.05, 0.1) is 7.11 Å². The van der Waals surface area contributed by atoms with E-state index in [-0.39, 0.29) is 11.8 Å². The van der Waals surface area contributed by atoms with E-state index in [1.54, 1.807) is 36.1 Å². The van der Waals surface area contributed by atoms with E-state index >= 15 is 0 Å². The molecule has 0 aliphatic carbocycles. The average molecular weight is 414 g/mol. The van der Waals surface area contributed by atoms with Crippen molar-refractivity contribution in [3.05, 3.63) is 101 Å². The van der Waals surface area contributed by atoms with Crippen LogP contribution >= 0.6 is 0 Å². The minimum atomic E-state index is -0.751. The highest BCUT2D eigenvalue weighted by atomic mass is 16.5. The molecule has 1 fully saturated rings. The van der Waals surface area contributed by atoms with Crippen molar-refractivity contribution in [1.29, 1.82) is 0 Å². The Morgan fingerprint density at radius 1 is 1.00 bits per heavy atom. The summed E-state index contributed by atoms with van der Waals surface area (Å²) in [5.41, 5.74) is 6.39. The van der Waals surface area contributed by atoms with Crippen molar-refractivity contribution in [3.63, 3.8) is 0 Å². The van der Waals surface area contributed by atoms with Crippen molar-refractivity contribution in [3.8, 4) is 5.75 Å². The number of amides is 2. The average Bonchev–Trinajstić information content (AvgIpc) is 3.10. The molecule has 0 bridgehead atoms. The third-order valence-electron chi connectivity index (χ3n) is 5.28. The second-order valence-electron chi connectivity index (χ2n) is 7.46. The molecule has 4 rings (SSSR count). The van der Waals surface area contributed by atoms with E-state index in [1.807, 2.05) is 67.7 Å². The first kappa shape index (κ1) is 20.3. The number of aryl methyl sites for hydroxylation is 1. The summed E-state index contributed by atoms with van der Waals surface area (Å²) in [4.78, 5) is 25.7. The van der Waals surface area contributed by atoms with Gasteiger partial charge in [-0.05, 0) is 43.3 Å². The van der Waals surface area contributed by atoms with Gasteiger partial charge in [-0.3, -0.25) is 9.59 Å². The number of hydrazine groups is 1. The Kier molecular flexibility index (Phi) is 5.80. The molecular weight excluding hydrogens is 390 g/mol. The van der Waals surface area contributed by atoms with Crippen LogP contribution in [0.2, 0.25) is 0 Å². The van der Waals surface area contributed by atoms with Crippen LogP contribution in [0.3, 0.4) is 0 Å². The number of ether oxygens (including phenoxy) is 1. The van der Waals surface area contributed by atoms with E-state index in [2.05, 4.69) is 10.7 Å². The Labute approximate surface area is 181 Å². The number of nitrogens with one attached hydrogen (secondary N) is 2. The molecule has 0 spiro atoms. The molecular formula is C25H24N3O3+. The number of hydrogen-bond acceptors (Lipinski definition) is 3. The third kappa shape index (κ3) is 4.48. The Bertz CT molecular complexity index is 1110. The van der Waals surface area contributed by atoms with Crippen molar-refractivity contribution in [1.82, 2.24) is 10.7 Å². The standard InChI is InChI=1S/C25H23N3O3/c1-17-8-10-18(11-9-17)16-28-23(19-6-4-3-5-7-19)22(25(30)27-28)26-24(29)20-12-14-21(31-2)15-13-20/h3-16,22-23H,1-2H3,(H-,26,27,29,30)/p+1/b28-16-/t22-,23+/m1/s1. The summed E-state index contributed by atoms with van der Waals surface area (Å²) in [5, 5.41) is 2.90. The predicted molar refractivity (Wildman–Crippen MR) is 118 cm³/mol. The van der Waals surface area contributed by atoms with Crippen LogP contribution < -0.4 is 15.5 Å². The molecule has 1 saturated heterocycles. The minimum absolute atomic E-state index is 0.265. The fourth-order valence-corrected chi connectivity index (χ4v) is 3.61. The molecule has 0 radical (unpaired) electrons. The molecule has 0 saturated carbocycles. The molecule has 0 unspecified atom stereocenters. The maximum absolute atomic E-state index is 12.9. The number of nitrogens with zero attached hydrogens (tertiary/aromatic N) is 1. The third-order valence-corrected chi connectivity index (χ3v) is 5.28. The van der Waals surface area contributed by atoms with Crippen LogP contribution in [0.1, 0.15) is 33.1 Å². The van der Waals surface area contributed by atoms with Gasteiger partial charge in [0, 0.05) is 16.7 Å². The lowest BCUT2D eigenvalue weighted by molar-refractivity contribution is -0.596. The lowest BCUT2D eigenvalue weighted by atomic mass is 10.00. The van der Waals surface area contributed by atoms with E-state index in [1.165, 1.54) is 0 Å². The van der Waals surface area contributed by atoms with Gasteiger partial charge in [0.1, 0.15) is 5.75 Å². The van der Waals surface area contributed by atoms with Gasteiger partial charge in [0.15, 0.2) is 6.04 Å². The molecule has 6 heteroatoms. The van der Waals surface area contributed by atoms with Crippen molar-refractivity contribution >= 4 is 18.0 Å². The molecule has 2 amide bonds. The molecule has 156 valence electrons. The van der Waals surface area contributed by atoms with Gasteiger partial charge in [-0.1, -0.05) is 48.0 Å². The molecule has 2 atom stereocenters. The summed E-state index contributed by atoms with van der Waals surface area (Å²) < 4.78 is 6.91. The summed E-state index contributed by atoms with van der Waals surface area (Å²) in [6.07, 6.45) is 1.88. The number of hydrogen-bond donors (Lipinski definition) is 2. The van der Waals surface area contributed by atoms with E-state index in [0.29, 0.717) is 11.3 Å². The highest BCUT2D eigenvalue weighted by Gasteiger charge is 2.47. The van der Waals surface area contributed by atoms with Crippen molar-refractivity contribution in [2.24, 2.45) is 0 Å². The van der Waals surface area contributed by atoms with Crippen LogP contribution in [0.25, 0.3) is 0 Å². The van der Waals surface area contributed by atoms with Gasteiger partial charge in [0.2, 0.25) is 12.3 Å². The summed E-state index contributed by atoms with van der Waals surface area (Å²) in [5.74, 6) is 0.0798. The highest BCUT2D eigenvalue weighted by molar-refractivity contribution is 5.98. The number of benzene rings is 3. The quantitative estimate of drug-likeness (QED) is 0.631. The maximum Gasteiger partial charge on any atom is 0.304 e. The second kappa shape index (κ2) is 8.83. The molecule has 31 heavy (non-hydrogen) atoms. The van der Waals surface area contributed by atoms with Crippen molar-refractivity contribution in [2.75, 3.05) is 7.11 Å². The maximum atomic E-state index is 12.9. The normalized spacial score (nSPS) is 19.2. The summed E-state index contributed by atoms with van der Waals surface area (Å²) in [6.45, 7) is 2.03. The van der Waals surface area contributed by atoms with Crippen LogP contribution in [0.5, 0.6) is 5.75 Å². The van der Waals surface area contributed by atoms with Crippen molar-refractivity contribution < 1.29 is 19.0 Å². The minimum Gasteiger partial charge on any atom is -0.497 e. The number of hydrazone groups is 1. The Hall–Kier alpha value is -3.93. The summed E-state index contributed by atoms with van der Waals surface area (Å²) in [6, 6.07) is 23.3. The molecule has 1 aliphatic heterocycles. The first-order valence-corrected chi connectivity index (χ1v) is 10.1. The Balaban J connectivity index is 1.65. The Morgan fingerprint density at radius 2 is 1.68 bits per heavy atom. The van der Waals surface area contributed by atoms with Crippen LogP contribution in [0.4, 0.5) is 0 Å². The fraction of sp³-hybridized carbons (Fsp3) is 0.160. The van der Waals surface area contributed by atoms with Gasteiger partial charge < -0.3 is 10.1 Å². The zero-order valence-electron chi connectivity index (χ0n) is 17.4. The first-order valence-electron chi connectivity index (χ1n) is 10.1. The monoisotopic (exact) mass is 414 g/mol. The van der Waals surface area contributed by atoms with Crippen LogP contribution in [-0.4, -0.2) is 35.9 Å². The van der Waals surface area contributed by atoms with Gasteiger partial charge in [0.25, 0.3) is 5.91 Å². The number of carbonyl (C=O) groups excluding carboxylic acids is 2. The SMILES string of the molecule is COc1ccc(C(=O)N[C@H]2C(=O)N/[N+](=C\c3ccc(C)cc3)[C@H]2c2ccccc2)cc1. The molecule has 3 aromatic carbocycles. The Morgan fingerprint density at radius 3 is 2.32 bits per heavy atom. The van der Waals surface area contributed by atoms with E-state index in [4.69, 9.17) is 4.74 Å². The lowest BCUT2D eigenvalue weighted by Crippen LogP contribution is -2.42. The lowest BCUT2D eigenvalue weighted by Gasteiger charge is -2.14. The fourth-order valence-electron chi connectivity index (χ4n) is 3.61. The number of methoxy groups -OCH3 is 1. The number of carbonyl (C=O) groups is 2. The van der Waals surface area contributed by atoms with E-state index < -0.39 is 12.1 Å². The van der Waals surface area contributed by atoms with E-state index in [0.717, 1.165) is 16.7 Å². The predicted octanol–water partition coefficient (Wildman–Crippen LogP) is 3.02. The van der Waals surface area contributed by atoms with Crippen molar-refractivity contribution in [2.45, 2.75) is 19.0 Å². The zero-order chi connectivity index (χ0) is 21.8. The van der Waals surface area contributed by atoms with Crippen LogP contribution in [0, 0.1) is 6.92 Å². The largest absolute Gasteiger partial charge is 0.497 e. The molecule has 1 aliphatic rings. The summed E-state index contributed by atoms with van der Waals surface area (Å²) in [7, 11) is 1.57. The van der Waals surface area contributed by atoms with Gasteiger partial charge in [-0.25, -0.2) is 0 Å². The molecule has 2 N–H and O–H groups in total. The number of rotatable bonds is 5. The molecule has 1 heterocycles. The topological polar surface area (TPSA) is 70.4 Å². The molecule has 6 nitrogen and oxygen atoms in total. The van der Waals surface area contributed by atoms with Gasteiger partial charge in [-0.2, -0.15) is 0 Å². The van der Waals surface area contributed by atoms with E-state index in [9.17, 15) is 9.59 Å². The van der Waals surface area contributed by atoms with Gasteiger partial charge >= 0.3 is 5.91 Å². The second-order valence-corrected chi connectivity index (χ2v) is 7.46. The van der Waals surface area contributed by atoms with Crippen LogP contribution in [0.15, 0.2) is 78.9 Å². The highest BCUT2D eigenvalue weighted by Crippen LogP contribution is 2.25. The van der Waals surface area contributed by atoms with Gasteiger partial charge in [-0.15, -0.1) is 10.1 Å². The molecule has 0 aromatic heterocycles. The first-order chi connectivity index (χ1) is 15.0. The van der Waals surface area contributed by atoms with Crippen LogP contribution in [-0.2, 0) is 4.79 Å². The summed E-state index contributed by atoms with van der Waals surface area (Å²) >= 11 is 0. The smallest absolute Gasteiger partial charge is 0.304 e. The zero-order valence-corrected chi connectivity index (χ0v) is 17.4. The molecule has 3 aromatic rings.